The van der Waals surface area contributed by atoms with Gasteiger partial charge in [0.15, 0.2) is 0 Å². The molecule has 0 aliphatic rings. The predicted octanol–water partition coefficient (Wildman–Crippen LogP) is 1.00. The van der Waals surface area contributed by atoms with Crippen molar-refractivity contribution < 1.29 is 14.3 Å². The minimum absolute atomic E-state index is 0.337. The molecule has 0 aliphatic heterocycles. The second-order valence-electron chi connectivity index (χ2n) is 1.74. The Hall–Kier alpha value is -1.58. The predicted molar refractivity (Wildman–Crippen MR) is 44.5 cm³/mol. The average Bonchev–Trinajstić information content (AvgIpc) is 2.05. The number of hydrogen-bond acceptors (Lipinski definition) is 3. The van der Waals surface area contributed by atoms with E-state index in [4.69, 9.17) is 0 Å². The summed E-state index contributed by atoms with van der Waals surface area (Å²) < 4.78 is 4.55. The first-order chi connectivity index (χ1) is 5.81. The zero-order chi connectivity index (χ0) is 9.23. The van der Waals surface area contributed by atoms with Gasteiger partial charge in [0, 0.05) is 6.20 Å². The molecule has 0 saturated carbocycles. The molecule has 0 unspecified atom stereocenters. The maximum atomic E-state index is 10.6. The van der Waals surface area contributed by atoms with Crippen LogP contribution in [0.5, 0.6) is 0 Å². The van der Waals surface area contributed by atoms with Gasteiger partial charge in [0.25, 0.3) is 0 Å². The third kappa shape index (κ3) is 6.54. The molecule has 0 heterocycles. The summed E-state index contributed by atoms with van der Waals surface area (Å²) in [6.07, 6.45) is 5.86. The summed E-state index contributed by atoms with van der Waals surface area (Å²) in [6, 6.07) is 0. The molecule has 0 aromatic carbocycles. The van der Waals surface area contributed by atoms with Crippen LogP contribution in [-0.2, 0) is 9.53 Å². The molecule has 66 valence electrons. The quantitative estimate of drug-likeness (QED) is 0.388. The Morgan fingerprint density at radius 1 is 1.42 bits per heavy atom. The molecule has 0 fully saturated rings. The van der Waals surface area contributed by atoms with Crippen LogP contribution in [-0.4, -0.2) is 19.0 Å². The smallest absolute Gasteiger partial charge is 0.411 e. The minimum Gasteiger partial charge on any atom is -0.450 e. The van der Waals surface area contributed by atoms with Crippen LogP contribution in [0.1, 0.15) is 6.92 Å². The number of alkyl carbamates (subject to hydrolysis) is 1. The van der Waals surface area contributed by atoms with Gasteiger partial charge in [-0.05, 0) is 19.1 Å². The highest BCUT2D eigenvalue weighted by Crippen LogP contribution is 1.77. The maximum absolute atomic E-state index is 10.6. The molecule has 4 nitrogen and oxygen atoms in total. The molecule has 0 aromatic heterocycles. The van der Waals surface area contributed by atoms with E-state index in [-0.39, 0.29) is 0 Å². The van der Waals surface area contributed by atoms with E-state index in [0.29, 0.717) is 12.9 Å². The molecule has 12 heavy (non-hydrogen) atoms. The van der Waals surface area contributed by atoms with E-state index in [1.807, 2.05) is 0 Å². The lowest BCUT2D eigenvalue weighted by Crippen LogP contribution is -2.17. The Labute approximate surface area is 70.9 Å². The fourth-order valence-corrected chi connectivity index (χ4v) is 0.454. The van der Waals surface area contributed by atoms with Crippen LogP contribution >= 0.6 is 0 Å². The minimum atomic E-state index is -0.506. The van der Waals surface area contributed by atoms with Crippen molar-refractivity contribution in [2.45, 2.75) is 6.92 Å². The number of nitrogens with one attached hydrogen (secondary N) is 1. The zero-order valence-corrected chi connectivity index (χ0v) is 6.82. The van der Waals surface area contributed by atoms with Gasteiger partial charge in [-0.2, -0.15) is 0 Å². The average molecular weight is 169 g/mol. The fraction of sp³-hybridized carbons (Fsp3) is 0.250. The number of hydrogen-bond donors (Lipinski definition) is 1. The van der Waals surface area contributed by atoms with Crippen LogP contribution in [0.25, 0.3) is 0 Å². The van der Waals surface area contributed by atoms with Crippen molar-refractivity contribution in [3.05, 3.63) is 24.4 Å². The zero-order valence-electron chi connectivity index (χ0n) is 6.82. The first kappa shape index (κ1) is 10.4. The second kappa shape index (κ2) is 7.53. The Balaban J connectivity index is 3.52. The van der Waals surface area contributed by atoms with Gasteiger partial charge < -0.3 is 4.74 Å². The molecule has 1 N–H and O–H groups in total. The van der Waals surface area contributed by atoms with Gasteiger partial charge in [-0.3, -0.25) is 10.1 Å². The van der Waals surface area contributed by atoms with Crippen LogP contribution in [0, 0.1) is 0 Å². The molecule has 0 bridgehead atoms. The number of carbonyl (C=O) groups excluding carboxylic acids is 2. The standard InChI is InChI=1S/C8H11NO3/c1-2-12-8(11)9-6-4-3-5-7-10/h3-7H,2H2,1H3,(H,9,11)/b5-3+,6-4+. The van der Waals surface area contributed by atoms with E-state index in [1.165, 1.54) is 24.4 Å². The third-order valence-corrected chi connectivity index (χ3v) is 0.874. The molecular formula is C8H11NO3. The van der Waals surface area contributed by atoms with E-state index in [1.54, 1.807) is 6.92 Å². The van der Waals surface area contributed by atoms with Gasteiger partial charge in [-0.15, -0.1) is 0 Å². The van der Waals surface area contributed by atoms with Gasteiger partial charge in [-0.25, -0.2) is 4.79 Å². The molecule has 0 atom stereocenters. The highest BCUT2D eigenvalue weighted by Gasteiger charge is 1.92. The van der Waals surface area contributed by atoms with E-state index in [9.17, 15) is 9.59 Å². The summed E-state index contributed by atoms with van der Waals surface area (Å²) in [7, 11) is 0. The maximum Gasteiger partial charge on any atom is 0.411 e. The summed E-state index contributed by atoms with van der Waals surface area (Å²) in [4.78, 5) is 20.4. The fourth-order valence-electron chi connectivity index (χ4n) is 0.454. The molecule has 0 aromatic rings. The largest absolute Gasteiger partial charge is 0.450 e. The topological polar surface area (TPSA) is 55.4 Å². The Morgan fingerprint density at radius 3 is 2.75 bits per heavy atom. The Kier molecular flexibility index (Phi) is 6.54. The van der Waals surface area contributed by atoms with E-state index >= 15 is 0 Å². The van der Waals surface area contributed by atoms with Gasteiger partial charge in [-0.1, -0.05) is 6.08 Å². The first-order valence-electron chi connectivity index (χ1n) is 3.51. The second-order valence-corrected chi connectivity index (χ2v) is 1.74. The Bertz CT molecular complexity index is 196. The third-order valence-electron chi connectivity index (χ3n) is 0.874. The summed E-state index contributed by atoms with van der Waals surface area (Å²) in [5.74, 6) is 0. The SMILES string of the molecule is CCOC(=O)N/C=C/C=C/C=O. The van der Waals surface area contributed by atoms with Gasteiger partial charge >= 0.3 is 6.09 Å². The molecule has 1 amide bonds. The molecular weight excluding hydrogens is 158 g/mol. The summed E-state index contributed by atoms with van der Waals surface area (Å²) >= 11 is 0. The molecule has 4 heteroatoms. The summed E-state index contributed by atoms with van der Waals surface area (Å²) in [5, 5.41) is 2.33. The van der Waals surface area contributed by atoms with Crippen molar-refractivity contribution >= 4 is 12.4 Å². The van der Waals surface area contributed by atoms with Crippen molar-refractivity contribution in [1.29, 1.82) is 0 Å². The van der Waals surface area contributed by atoms with Gasteiger partial charge in [0.05, 0.1) is 6.61 Å². The summed E-state index contributed by atoms with van der Waals surface area (Å²) in [6.45, 7) is 2.05. The molecule has 0 radical (unpaired) electrons. The lowest BCUT2D eigenvalue weighted by atomic mass is 10.5. The van der Waals surface area contributed by atoms with Crippen molar-refractivity contribution in [3.63, 3.8) is 0 Å². The van der Waals surface area contributed by atoms with Crippen molar-refractivity contribution in [2.24, 2.45) is 0 Å². The van der Waals surface area contributed by atoms with Gasteiger partial charge in [0.2, 0.25) is 0 Å². The number of rotatable bonds is 4. The lowest BCUT2D eigenvalue weighted by molar-refractivity contribution is -0.104. The van der Waals surface area contributed by atoms with E-state index in [0.717, 1.165) is 0 Å². The lowest BCUT2D eigenvalue weighted by Gasteiger charge is -1.97. The number of allylic oxidation sites excluding steroid dienone is 3. The van der Waals surface area contributed by atoms with Crippen LogP contribution in [0.2, 0.25) is 0 Å². The summed E-state index contributed by atoms with van der Waals surface area (Å²) in [5.41, 5.74) is 0. The van der Waals surface area contributed by atoms with Crippen LogP contribution < -0.4 is 5.32 Å². The van der Waals surface area contributed by atoms with Gasteiger partial charge in [0.1, 0.15) is 6.29 Å². The number of amides is 1. The molecule has 0 aliphatic carbocycles. The van der Waals surface area contributed by atoms with Crippen molar-refractivity contribution in [1.82, 2.24) is 5.32 Å². The highest BCUT2D eigenvalue weighted by molar-refractivity contribution is 5.68. The van der Waals surface area contributed by atoms with E-state index in [2.05, 4.69) is 10.1 Å². The number of ether oxygens (including phenoxy) is 1. The van der Waals surface area contributed by atoms with Crippen LogP contribution in [0.15, 0.2) is 24.4 Å². The monoisotopic (exact) mass is 169 g/mol. The Morgan fingerprint density at radius 2 is 2.17 bits per heavy atom. The highest BCUT2D eigenvalue weighted by atomic mass is 16.5. The van der Waals surface area contributed by atoms with Crippen LogP contribution in [0.3, 0.4) is 0 Å². The van der Waals surface area contributed by atoms with E-state index < -0.39 is 6.09 Å². The first-order valence-corrected chi connectivity index (χ1v) is 3.51. The van der Waals surface area contributed by atoms with Crippen molar-refractivity contribution in [3.8, 4) is 0 Å². The van der Waals surface area contributed by atoms with Crippen LogP contribution in [0.4, 0.5) is 4.79 Å². The molecule has 0 saturated heterocycles. The molecule has 0 rings (SSSR count). The molecule has 0 spiro atoms. The number of aldehydes is 1. The number of carbonyl (C=O) groups is 2. The normalized spacial score (nSPS) is 10.4. The van der Waals surface area contributed by atoms with Crippen molar-refractivity contribution in [2.75, 3.05) is 6.61 Å².